The second kappa shape index (κ2) is 8.23. The van der Waals surface area contributed by atoms with Crippen LogP contribution in [0.15, 0.2) is 10.6 Å². The third kappa shape index (κ3) is 4.57. The van der Waals surface area contributed by atoms with Crippen molar-refractivity contribution in [3.8, 4) is 0 Å². The molecule has 3 N–H and O–H groups in total. The first-order chi connectivity index (χ1) is 13.5. The third-order valence-corrected chi connectivity index (χ3v) is 6.56. The summed E-state index contributed by atoms with van der Waals surface area (Å²) in [6, 6.07) is 2.21. The van der Waals surface area contributed by atoms with Gasteiger partial charge < -0.3 is 20.5 Å². The van der Waals surface area contributed by atoms with Gasteiger partial charge in [-0.2, -0.15) is 0 Å². The maximum atomic E-state index is 12.8. The number of aromatic nitrogens is 1. The number of hydrogen-bond acceptors (Lipinski definition) is 5. The first-order valence-corrected chi connectivity index (χ1v) is 10.8. The van der Waals surface area contributed by atoms with Crippen LogP contribution in [-0.2, 0) is 4.79 Å². The fourth-order valence-electron chi connectivity index (χ4n) is 4.77. The molecule has 7 heteroatoms. The van der Waals surface area contributed by atoms with E-state index in [-0.39, 0.29) is 29.9 Å². The first kappa shape index (κ1) is 19.4. The largest absolute Gasteiger partial charge is 0.360 e. The molecule has 0 radical (unpaired) electrons. The SMILES string of the molecule is C[C@@H]1CC(NC(=O)c2cc(C3CC3)on2)CCN1C(=O)CC1CCCC(N)C1. The van der Waals surface area contributed by atoms with Crippen molar-refractivity contribution in [2.45, 2.75) is 88.8 Å². The minimum absolute atomic E-state index is 0.0655. The number of amides is 2. The molecule has 7 nitrogen and oxygen atoms in total. The Labute approximate surface area is 166 Å². The van der Waals surface area contributed by atoms with E-state index in [9.17, 15) is 9.59 Å². The van der Waals surface area contributed by atoms with Crippen LogP contribution >= 0.6 is 0 Å². The summed E-state index contributed by atoms with van der Waals surface area (Å²) in [6.45, 7) is 2.76. The Morgan fingerprint density at radius 1 is 1.25 bits per heavy atom. The predicted octanol–water partition coefficient (Wildman–Crippen LogP) is 2.57. The molecule has 4 rings (SSSR count). The molecule has 3 aliphatic rings. The average molecular weight is 389 g/mol. The standard InChI is InChI=1S/C21H32N4O3/c1-13-9-17(23-21(27)18-12-19(28-24-18)15-5-6-15)7-8-25(13)20(26)11-14-3-2-4-16(22)10-14/h12-17H,2-11,22H2,1H3,(H,23,27)/t13-,14?,16?,17?/m1/s1. The monoisotopic (exact) mass is 388 g/mol. The predicted molar refractivity (Wildman–Crippen MR) is 105 cm³/mol. The highest BCUT2D eigenvalue weighted by atomic mass is 16.5. The molecule has 2 saturated carbocycles. The lowest BCUT2D eigenvalue weighted by Gasteiger charge is -2.39. The smallest absolute Gasteiger partial charge is 0.273 e. The molecule has 1 aliphatic heterocycles. The lowest BCUT2D eigenvalue weighted by Crippen LogP contribution is -2.51. The van der Waals surface area contributed by atoms with Crippen molar-refractivity contribution in [3.63, 3.8) is 0 Å². The lowest BCUT2D eigenvalue weighted by molar-refractivity contribution is -0.136. The van der Waals surface area contributed by atoms with E-state index >= 15 is 0 Å². The first-order valence-electron chi connectivity index (χ1n) is 10.8. The third-order valence-electron chi connectivity index (χ3n) is 6.56. The van der Waals surface area contributed by atoms with Gasteiger partial charge in [0.15, 0.2) is 5.69 Å². The van der Waals surface area contributed by atoms with Crippen molar-refractivity contribution in [2.75, 3.05) is 6.54 Å². The molecule has 3 unspecified atom stereocenters. The normalized spacial score (nSPS) is 30.9. The number of hydrogen-bond donors (Lipinski definition) is 2. The molecule has 28 heavy (non-hydrogen) atoms. The van der Waals surface area contributed by atoms with E-state index in [2.05, 4.69) is 17.4 Å². The van der Waals surface area contributed by atoms with E-state index in [0.29, 0.717) is 30.5 Å². The van der Waals surface area contributed by atoms with Crippen LogP contribution in [0.4, 0.5) is 0 Å². The van der Waals surface area contributed by atoms with Gasteiger partial charge in [0.1, 0.15) is 5.76 Å². The molecule has 1 aromatic heterocycles. The average Bonchev–Trinajstić information content (AvgIpc) is 3.38. The molecule has 2 amide bonds. The lowest BCUT2D eigenvalue weighted by atomic mass is 9.83. The van der Waals surface area contributed by atoms with Gasteiger partial charge in [-0.25, -0.2) is 0 Å². The number of nitrogens with zero attached hydrogens (tertiary/aromatic N) is 2. The van der Waals surface area contributed by atoms with Crippen LogP contribution in [-0.4, -0.2) is 46.5 Å². The highest BCUT2D eigenvalue weighted by Crippen LogP contribution is 2.40. The van der Waals surface area contributed by atoms with Crippen LogP contribution in [0.1, 0.15) is 86.9 Å². The van der Waals surface area contributed by atoms with Gasteiger partial charge in [0.2, 0.25) is 5.91 Å². The Balaban J connectivity index is 1.25. The summed E-state index contributed by atoms with van der Waals surface area (Å²) in [7, 11) is 0. The van der Waals surface area contributed by atoms with Crippen LogP contribution in [0, 0.1) is 5.92 Å². The van der Waals surface area contributed by atoms with Crippen LogP contribution in [0.2, 0.25) is 0 Å². The van der Waals surface area contributed by atoms with Crippen molar-refractivity contribution in [1.29, 1.82) is 0 Å². The zero-order valence-corrected chi connectivity index (χ0v) is 16.7. The second-order valence-corrected chi connectivity index (χ2v) is 9.02. The van der Waals surface area contributed by atoms with Gasteiger partial charge in [0, 0.05) is 43.1 Å². The fraction of sp³-hybridized carbons (Fsp3) is 0.762. The summed E-state index contributed by atoms with van der Waals surface area (Å²) in [5.74, 6) is 1.75. The highest BCUT2D eigenvalue weighted by molar-refractivity contribution is 5.92. The van der Waals surface area contributed by atoms with Crippen molar-refractivity contribution in [1.82, 2.24) is 15.4 Å². The zero-order valence-electron chi connectivity index (χ0n) is 16.7. The molecule has 154 valence electrons. The molecule has 2 aliphatic carbocycles. The van der Waals surface area contributed by atoms with E-state index < -0.39 is 0 Å². The summed E-state index contributed by atoms with van der Waals surface area (Å²) in [4.78, 5) is 27.2. The Morgan fingerprint density at radius 3 is 2.79 bits per heavy atom. The molecular weight excluding hydrogens is 356 g/mol. The minimum atomic E-state index is -0.177. The van der Waals surface area contributed by atoms with Crippen molar-refractivity contribution < 1.29 is 14.1 Å². The quantitative estimate of drug-likeness (QED) is 0.807. The Morgan fingerprint density at radius 2 is 2.07 bits per heavy atom. The summed E-state index contributed by atoms with van der Waals surface area (Å²) < 4.78 is 5.28. The van der Waals surface area contributed by atoms with Crippen LogP contribution in [0.5, 0.6) is 0 Å². The number of nitrogens with two attached hydrogens (primary N) is 1. The summed E-state index contributed by atoms with van der Waals surface area (Å²) >= 11 is 0. The number of nitrogens with one attached hydrogen (secondary N) is 1. The Hall–Kier alpha value is -1.89. The molecule has 3 fully saturated rings. The maximum absolute atomic E-state index is 12.8. The minimum Gasteiger partial charge on any atom is -0.360 e. The van der Waals surface area contributed by atoms with Gasteiger partial charge in [0.25, 0.3) is 5.91 Å². The van der Waals surface area contributed by atoms with Gasteiger partial charge in [-0.05, 0) is 57.8 Å². The molecule has 2 heterocycles. The van der Waals surface area contributed by atoms with Gasteiger partial charge in [-0.15, -0.1) is 0 Å². The maximum Gasteiger partial charge on any atom is 0.273 e. The molecule has 1 saturated heterocycles. The number of rotatable bonds is 5. The van der Waals surface area contributed by atoms with E-state index in [1.807, 2.05) is 4.90 Å². The van der Waals surface area contributed by atoms with Gasteiger partial charge >= 0.3 is 0 Å². The van der Waals surface area contributed by atoms with Gasteiger partial charge in [0.05, 0.1) is 0 Å². The fourth-order valence-corrected chi connectivity index (χ4v) is 4.77. The molecule has 4 atom stereocenters. The van der Waals surface area contributed by atoms with Gasteiger partial charge in [-0.1, -0.05) is 11.6 Å². The molecule has 0 spiro atoms. The van der Waals surface area contributed by atoms with E-state index in [4.69, 9.17) is 10.3 Å². The zero-order chi connectivity index (χ0) is 19.7. The van der Waals surface area contributed by atoms with Gasteiger partial charge in [-0.3, -0.25) is 9.59 Å². The van der Waals surface area contributed by atoms with E-state index in [0.717, 1.165) is 57.1 Å². The summed E-state index contributed by atoms with van der Waals surface area (Å²) in [6.07, 6.45) is 8.69. The Kier molecular flexibility index (Phi) is 5.71. The molecule has 0 aromatic carbocycles. The van der Waals surface area contributed by atoms with Crippen molar-refractivity contribution in [3.05, 3.63) is 17.5 Å². The number of piperidine rings is 1. The van der Waals surface area contributed by atoms with E-state index in [1.54, 1.807) is 6.07 Å². The highest BCUT2D eigenvalue weighted by Gasteiger charge is 2.33. The second-order valence-electron chi connectivity index (χ2n) is 9.02. The van der Waals surface area contributed by atoms with Crippen LogP contribution in [0.25, 0.3) is 0 Å². The number of carbonyl (C=O) groups excluding carboxylic acids is 2. The van der Waals surface area contributed by atoms with Crippen LogP contribution in [0.3, 0.4) is 0 Å². The molecular formula is C21H32N4O3. The van der Waals surface area contributed by atoms with E-state index in [1.165, 1.54) is 0 Å². The Bertz CT molecular complexity index is 714. The topological polar surface area (TPSA) is 101 Å². The number of carbonyl (C=O) groups is 2. The number of likely N-dealkylation sites (tertiary alicyclic amines) is 1. The van der Waals surface area contributed by atoms with Crippen LogP contribution < -0.4 is 11.1 Å². The summed E-state index contributed by atoms with van der Waals surface area (Å²) in [5.41, 5.74) is 6.43. The molecule has 0 bridgehead atoms. The summed E-state index contributed by atoms with van der Waals surface area (Å²) in [5, 5.41) is 6.98. The van der Waals surface area contributed by atoms with Crippen molar-refractivity contribution in [2.24, 2.45) is 11.7 Å². The van der Waals surface area contributed by atoms with Crippen molar-refractivity contribution >= 4 is 11.8 Å². The molecule has 1 aromatic rings.